The van der Waals surface area contributed by atoms with Crippen molar-refractivity contribution in [3.8, 4) is 5.75 Å². The minimum absolute atomic E-state index is 0. The first kappa shape index (κ1) is 16.1. The molecule has 0 radical (unpaired) electrons. The lowest BCUT2D eigenvalue weighted by molar-refractivity contribution is 0.183. The van der Waals surface area contributed by atoms with Gasteiger partial charge in [0.1, 0.15) is 5.75 Å². The van der Waals surface area contributed by atoms with E-state index >= 15 is 0 Å². The van der Waals surface area contributed by atoms with Crippen LogP contribution in [0.3, 0.4) is 0 Å². The largest absolute Gasteiger partial charge is 0.493 e. The van der Waals surface area contributed by atoms with E-state index in [1.54, 1.807) is 13.0 Å². The lowest BCUT2D eigenvalue weighted by Crippen LogP contribution is -2.18. The molecule has 1 atom stereocenters. The molecule has 4 nitrogen and oxygen atoms in total. The number of halogens is 2. The Bertz CT molecular complexity index is 465. The van der Waals surface area contributed by atoms with Gasteiger partial charge in [0.2, 0.25) is 5.90 Å². The minimum atomic E-state index is -1.13. The van der Waals surface area contributed by atoms with Crippen molar-refractivity contribution in [3.63, 3.8) is 0 Å². The van der Waals surface area contributed by atoms with E-state index in [4.69, 9.17) is 26.5 Å². The smallest absolute Gasteiger partial charge is 0.215 e. The molecule has 0 amide bonds. The summed E-state index contributed by atoms with van der Waals surface area (Å²) in [6.45, 7) is 2.74. The molecule has 1 aromatic rings. The van der Waals surface area contributed by atoms with Crippen molar-refractivity contribution in [2.24, 2.45) is 0 Å². The summed E-state index contributed by atoms with van der Waals surface area (Å²) in [4.78, 5) is 0. The van der Waals surface area contributed by atoms with Gasteiger partial charge in [-0.05, 0) is 37.5 Å². The highest BCUT2D eigenvalue weighted by Crippen LogP contribution is 2.36. The Labute approximate surface area is 123 Å². The number of nitrogens with one attached hydrogen (secondary N) is 1. The number of hydrogen-bond acceptors (Lipinski definition) is 4. The van der Waals surface area contributed by atoms with Gasteiger partial charge in [-0.15, -0.1) is 12.4 Å². The molecule has 1 aromatic carbocycles. The molecule has 2 rings (SSSR count). The molecular weight excluding hydrogens is 289 g/mol. The first-order valence-corrected chi connectivity index (χ1v) is 6.35. The number of ether oxygens (including phenoxy) is 2. The second-order valence-corrected chi connectivity index (χ2v) is 4.57. The van der Waals surface area contributed by atoms with E-state index in [0.29, 0.717) is 29.5 Å². The van der Waals surface area contributed by atoms with E-state index < -0.39 is 6.10 Å². The SMILES string of the molecule is CCOC(=N)C(O)c1cc(Cl)cc2c1OCCC2.Cl. The normalized spacial score (nSPS) is 14.7. The van der Waals surface area contributed by atoms with Gasteiger partial charge in [0.15, 0.2) is 6.10 Å². The Morgan fingerprint density at radius 1 is 1.58 bits per heavy atom. The van der Waals surface area contributed by atoms with Crippen LogP contribution in [0.4, 0.5) is 0 Å². The summed E-state index contributed by atoms with van der Waals surface area (Å²) in [5.41, 5.74) is 1.49. The van der Waals surface area contributed by atoms with Gasteiger partial charge in [0.05, 0.1) is 13.2 Å². The molecule has 1 aliphatic heterocycles. The van der Waals surface area contributed by atoms with Gasteiger partial charge in [0.25, 0.3) is 0 Å². The molecule has 6 heteroatoms. The average Bonchev–Trinajstić information content (AvgIpc) is 2.37. The summed E-state index contributed by atoms with van der Waals surface area (Å²) < 4.78 is 10.6. The fourth-order valence-corrected chi connectivity index (χ4v) is 2.30. The van der Waals surface area contributed by atoms with Crippen molar-refractivity contribution < 1.29 is 14.6 Å². The van der Waals surface area contributed by atoms with Crippen molar-refractivity contribution in [2.75, 3.05) is 13.2 Å². The predicted octanol–water partition coefficient (Wildman–Crippen LogP) is 3.13. The molecule has 0 spiro atoms. The lowest BCUT2D eigenvalue weighted by Gasteiger charge is -2.23. The number of fused-ring (bicyclic) bond motifs is 1. The Balaban J connectivity index is 0.00000180. The maximum absolute atomic E-state index is 10.1. The van der Waals surface area contributed by atoms with E-state index in [-0.39, 0.29) is 18.3 Å². The van der Waals surface area contributed by atoms with Gasteiger partial charge in [0, 0.05) is 10.6 Å². The van der Waals surface area contributed by atoms with Gasteiger partial charge in [-0.2, -0.15) is 0 Å². The first-order chi connectivity index (χ1) is 8.63. The van der Waals surface area contributed by atoms with Crippen LogP contribution < -0.4 is 4.74 Å². The number of rotatable bonds is 3. The van der Waals surface area contributed by atoms with E-state index in [2.05, 4.69) is 0 Å². The summed E-state index contributed by atoms with van der Waals surface area (Å²) in [7, 11) is 0. The van der Waals surface area contributed by atoms with Crippen LogP contribution in [0.1, 0.15) is 30.6 Å². The summed E-state index contributed by atoms with van der Waals surface area (Å²) in [5.74, 6) is 0.457. The van der Waals surface area contributed by atoms with Crippen molar-refractivity contribution in [1.82, 2.24) is 0 Å². The number of aliphatic hydroxyl groups is 1. The lowest BCUT2D eigenvalue weighted by atomic mass is 9.99. The zero-order valence-electron chi connectivity index (χ0n) is 10.6. The third kappa shape index (κ3) is 3.53. The number of aryl methyl sites for hydroxylation is 1. The Morgan fingerprint density at radius 3 is 3.00 bits per heavy atom. The molecule has 0 bridgehead atoms. The summed E-state index contributed by atoms with van der Waals surface area (Å²) in [6, 6.07) is 3.47. The highest BCUT2D eigenvalue weighted by Gasteiger charge is 2.24. The first-order valence-electron chi connectivity index (χ1n) is 5.98. The van der Waals surface area contributed by atoms with Crippen molar-refractivity contribution >= 4 is 29.9 Å². The van der Waals surface area contributed by atoms with E-state index in [1.165, 1.54) is 0 Å². The van der Waals surface area contributed by atoms with Crippen LogP contribution >= 0.6 is 24.0 Å². The zero-order chi connectivity index (χ0) is 13.1. The molecule has 1 unspecified atom stereocenters. The van der Waals surface area contributed by atoms with Gasteiger partial charge in [-0.3, -0.25) is 5.41 Å². The third-order valence-electron chi connectivity index (χ3n) is 2.84. The van der Waals surface area contributed by atoms with Crippen LogP contribution in [-0.2, 0) is 11.2 Å². The fourth-order valence-electron chi connectivity index (χ4n) is 2.05. The highest BCUT2D eigenvalue weighted by molar-refractivity contribution is 6.30. The van der Waals surface area contributed by atoms with Crippen molar-refractivity contribution in [1.29, 1.82) is 5.41 Å². The topological polar surface area (TPSA) is 62.5 Å². The van der Waals surface area contributed by atoms with Crippen molar-refractivity contribution in [3.05, 3.63) is 28.3 Å². The van der Waals surface area contributed by atoms with Gasteiger partial charge in [-0.1, -0.05) is 11.6 Å². The van der Waals surface area contributed by atoms with Crippen LogP contribution in [0.25, 0.3) is 0 Å². The average molecular weight is 306 g/mol. The van der Waals surface area contributed by atoms with Crippen LogP contribution in [0.2, 0.25) is 5.02 Å². The number of benzene rings is 1. The second-order valence-electron chi connectivity index (χ2n) is 4.14. The van der Waals surface area contributed by atoms with Gasteiger partial charge < -0.3 is 14.6 Å². The summed E-state index contributed by atoms with van der Waals surface area (Å²) in [6.07, 6.45) is 0.680. The van der Waals surface area contributed by atoms with Crippen LogP contribution in [0.15, 0.2) is 12.1 Å². The molecule has 2 N–H and O–H groups in total. The molecule has 0 fully saturated rings. The molecule has 0 aromatic heterocycles. The van der Waals surface area contributed by atoms with Crippen LogP contribution in [0, 0.1) is 5.41 Å². The zero-order valence-corrected chi connectivity index (χ0v) is 12.2. The molecule has 0 saturated carbocycles. The fraction of sp³-hybridized carbons (Fsp3) is 0.462. The number of aliphatic hydroxyl groups excluding tert-OH is 1. The van der Waals surface area contributed by atoms with Crippen molar-refractivity contribution in [2.45, 2.75) is 25.9 Å². The maximum Gasteiger partial charge on any atom is 0.215 e. The molecule has 19 heavy (non-hydrogen) atoms. The Morgan fingerprint density at radius 2 is 2.32 bits per heavy atom. The molecular formula is C13H17Cl2NO3. The Hall–Kier alpha value is -0.970. The molecule has 0 aliphatic carbocycles. The van der Waals surface area contributed by atoms with Crippen LogP contribution in [0.5, 0.6) is 5.75 Å². The molecule has 1 aliphatic rings. The quantitative estimate of drug-likeness (QED) is 0.666. The van der Waals surface area contributed by atoms with E-state index in [9.17, 15) is 5.11 Å². The Kier molecular flexibility index (Phi) is 5.91. The maximum atomic E-state index is 10.1. The molecule has 1 heterocycles. The second kappa shape index (κ2) is 6.98. The molecule has 106 valence electrons. The van der Waals surface area contributed by atoms with Gasteiger partial charge >= 0.3 is 0 Å². The van der Waals surface area contributed by atoms with Crippen LogP contribution in [-0.4, -0.2) is 24.2 Å². The minimum Gasteiger partial charge on any atom is -0.493 e. The standard InChI is InChI=1S/C13H16ClNO3.ClH/c1-2-17-13(15)11(16)10-7-9(14)6-8-4-3-5-18-12(8)10;/h6-7,11,15-16H,2-5H2,1H3;1H. The third-order valence-corrected chi connectivity index (χ3v) is 3.06. The number of hydrogen-bond donors (Lipinski definition) is 2. The van der Waals surface area contributed by atoms with E-state index in [0.717, 1.165) is 18.4 Å². The van der Waals surface area contributed by atoms with Gasteiger partial charge in [-0.25, -0.2) is 0 Å². The molecule has 0 saturated heterocycles. The highest BCUT2D eigenvalue weighted by atomic mass is 35.5. The van der Waals surface area contributed by atoms with E-state index in [1.807, 2.05) is 6.07 Å². The summed E-state index contributed by atoms with van der Waals surface area (Å²) in [5, 5.41) is 18.3. The monoisotopic (exact) mass is 305 g/mol. The summed E-state index contributed by atoms with van der Waals surface area (Å²) >= 11 is 6.03. The predicted molar refractivity (Wildman–Crippen MR) is 76.8 cm³/mol.